The molecule has 216 valence electrons. The van der Waals surface area contributed by atoms with Crippen LogP contribution in [0.25, 0.3) is 0 Å². The molecule has 0 radical (unpaired) electrons. The average Bonchev–Trinajstić information content (AvgIpc) is 3.17. The van der Waals surface area contributed by atoms with Crippen LogP contribution < -0.4 is 10.2 Å². The van der Waals surface area contributed by atoms with Crippen LogP contribution in [0, 0.1) is 5.92 Å². The minimum Gasteiger partial charge on any atom is -0.371 e. The van der Waals surface area contributed by atoms with E-state index in [2.05, 4.69) is 15.1 Å². The van der Waals surface area contributed by atoms with E-state index in [0.717, 1.165) is 43.1 Å². The molecule has 5 amide bonds. The van der Waals surface area contributed by atoms with Gasteiger partial charge in [0.2, 0.25) is 17.7 Å². The first-order chi connectivity index (χ1) is 19.0. The molecule has 1 N–H and O–H groups in total. The van der Waals surface area contributed by atoms with Gasteiger partial charge in [0.1, 0.15) is 6.04 Å². The molecule has 4 aliphatic heterocycles. The lowest BCUT2D eigenvalue weighted by molar-refractivity contribution is -0.150. The van der Waals surface area contributed by atoms with Crippen molar-refractivity contribution in [1.82, 2.24) is 20.0 Å². The summed E-state index contributed by atoms with van der Waals surface area (Å²) >= 11 is 0. The number of anilines is 1. The maximum atomic E-state index is 13.1. The Bertz CT molecular complexity index is 1210. The van der Waals surface area contributed by atoms with Gasteiger partial charge >= 0.3 is 6.18 Å². The Morgan fingerprint density at radius 1 is 0.900 bits per heavy atom. The summed E-state index contributed by atoms with van der Waals surface area (Å²) in [5, 5.41) is 2.20. The van der Waals surface area contributed by atoms with Crippen molar-refractivity contribution < 1.29 is 37.1 Å². The number of hydrogen-bond donors (Lipinski definition) is 1. The number of imide groups is 2. The SMILES string of the molecule is O=C1CCC(N2C(=O)c3ccc(N4CCC(CN5CCN(C(=O)CCC(F)(F)F)CC5)CC4)cc3C2=O)C(=O)N1. The third-order valence-corrected chi connectivity index (χ3v) is 8.27. The van der Waals surface area contributed by atoms with Gasteiger partial charge in [-0.2, -0.15) is 13.2 Å². The van der Waals surface area contributed by atoms with Gasteiger partial charge in [0.05, 0.1) is 17.5 Å². The number of alkyl halides is 3. The zero-order chi connectivity index (χ0) is 28.6. The Kier molecular flexibility index (Phi) is 7.85. The zero-order valence-electron chi connectivity index (χ0n) is 22.0. The van der Waals surface area contributed by atoms with Crippen molar-refractivity contribution in [1.29, 1.82) is 0 Å². The maximum Gasteiger partial charge on any atom is 0.389 e. The summed E-state index contributed by atoms with van der Waals surface area (Å²) in [5.74, 6) is -2.11. The predicted molar refractivity (Wildman–Crippen MR) is 136 cm³/mol. The van der Waals surface area contributed by atoms with Gasteiger partial charge < -0.3 is 9.80 Å². The number of hydrogen-bond acceptors (Lipinski definition) is 7. The molecule has 0 bridgehead atoms. The molecule has 0 aromatic heterocycles. The molecule has 40 heavy (non-hydrogen) atoms. The van der Waals surface area contributed by atoms with Crippen molar-refractivity contribution in [3.8, 4) is 0 Å². The molecule has 5 rings (SSSR count). The van der Waals surface area contributed by atoms with Crippen LogP contribution in [0.2, 0.25) is 0 Å². The van der Waals surface area contributed by atoms with E-state index in [1.807, 2.05) is 6.07 Å². The fourth-order valence-electron chi connectivity index (χ4n) is 5.98. The highest BCUT2D eigenvalue weighted by molar-refractivity contribution is 6.23. The third-order valence-electron chi connectivity index (χ3n) is 8.27. The lowest BCUT2D eigenvalue weighted by atomic mass is 9.95. The Hall–Kier alpha value is -3.48. The van der Waals surface area contributed by atoms with E-state index in [4.69, 9.17) is 0 Å². The molecule has 3 saturated heterocycles. The second-order valence-electron chi connectivity index (χ2n) is 10.9. The van der Waals surface area contributed by atoms with E-state index in [9.17, 15) is 37.1 Å². The molecular weight excluding hydrogens is 531 g/mol. The summed E-state index contributed by atoms with van der Waals surface area (Å²) in [6.07, 6.45) is -3.90. The molecule has 0 aliphatic carbocycles. The van der Waals surface area contributed by atoms with Crippen LogP contribution in [0.1, 0.15) is 59.2 Å². The number of carbonyl (C=O) groups excluding carboxylic acids is 5. The highest BCUT2D eigenvalue weighted by Gasteiger charge is 2.45. The van der Waals surface area contributed by atoms with Gasteiger partial charge in [-0.15, -0.1) is 0 Å². The maximum absolute atomic E-state index is 13.1. The molecule has 1 atom stereocenters. The van der Waals surface area contributed by atoms with Gasteiger partial charge in [-0.25, -0.2) is 0 Å². The number of piperazine rings is 1. The van der Waals surface area contributed by atoms with E-state index in [1.165, 1.54) is 4.90 Å². The largest absolute Gasteiger partial charge is 0.389 e. The van der Waals surface area contributed by atoms with Crippen LogP contribution >= 0.6 is 0 Å². The third kappa shape index (κ3) is 5.98. The number of halogens is 3. The summed E-state index contributed by atoms with van der Waals surface area (Å²) in [6, 6.07) is 4.15. The lowest BCUT2D eigenvalue weighted by Crippen LogP contribution is -2.54. The van der Waals surface area contributed by atoms with Crippen molar-refractivity contribution in [3.63, 3.8) is 0 Å². The smallest absolute Gasteiger partial charge is 0.371 e. The number of fused-ring (bicyclic) bond motifs is 1. The van der Waals surface area contributed by atoms with Crippen molar-refractivity contribution in [2.24, 2.45) is 5.92 Å². The molecule has 0 spiro atoms. The van der Waals surface area contributed by atoms with E-state index in [1.54, 1.807) is 12.1 Å². The number of nitrogens with zero attached hydrogens (tertiary/aromatic N) is 4. The van der Waals surface area contributed by atoms with Gasteiger partial charge in [-0.3, -0.25) is 39.1 Å². The van der Waals surface area contributed by atoms with Gasteiger partial charge in [-0.1, -0.05) is 0 Å². The van der Waals surface area contributed by atoms with Gasteiger partial charge in [-0.05, 0) is 43.4 Å². The summed E-state index contributed by atoms with van der Waals surface area (Å²) in [6.45, 7) is 4.54. The summed E-state index contributed by atoms with van der Waals surface area (Å²) in [4.78, 5) is 68.8. The van der Waals surface area contributed by atoms with Crippen LogP contribution in [0.15, 0.2) is 18.2 Å². The highest BCUT2D eigenvalue weighted by atomic mass is 19.4. The van der Waals surface area contributed by atoms with Crippen LogP contribution in [0.5, 0.6) is 0 Å². The second-order valence-corrected chi connectivity index (χ2v) is 10.9. The van der Waals surface area contributed by atoms with Crippen molar-refractivity contribution in [2.75, 3.05) is 50.7 Å². The first-order valence-electron chi connectivity index (χ1n) is 13.7. The normalized spacial score (nSPS) is 23.1. The molecule has 4 heterocycles. The Morgan fingerprint density at radius 3 is 2.23 bits per heavy atom. The van der Waals surface area contributed by atoms with Crippen LogP contribution in [-0.4, -0.2) is 102 Å². The van der Waals surface area contributed by atoms with Crippen LogP contribution in [0.3, 0.4) is 0 Å². The lowest BCUT2D eigenvalue weighted by Gasteiger charge is -2.39. The molecule has 3 fully saturated rings. The van der Waals surface area contributed by atoms with E-state index < -0.39 is 54.6 Å². The van der Waals surface area contributed by atoms with E-state index in [-0.39, 0.29) is 24.0 Å². The Balaban J connectivity index is 1.11. The molecular formula is C27H32F3N5O5. The quantitative estimate of drug-likeness (QED) is 0.526. The molecule has 1 unspecified atom stereocenters. The van der Waals surface area contributed by atoms with Crippen molar-refractivity contribution in [2.45, 2.75) is 50.7 Å². The number of amides is 5. The fourth-order valence-corrected chi connectivity index (χ4v) is 5.98. The van der Waals surface area contributed by atoms with Crippen LogP contribution in [0.4, 0.5) is 18.9 Å². The van der Waals surface area contributed by atoms with E-state index >= 15 is 0 Å². The van der Waals surface area contributed by atoms with Gasteiger partial charge in [0.25, 0.3) is 11.8 Å². The summed E-state index contributed by atoms with van der Waals surface area (Å²) in [5.41, 5.74) is 1.34. The monoisotopic (exact) mass is 563 g/mol. The van der Waals surface area contributed by atoms with Crippen molar-refractivity contribution >= 4 is 35.2 Å². The highest BCUT2D eigenvalue weighted by Crippen LogP contribution is 2.32. The number of carbonyl (C=O) groups is 5. The topological polar surface area (TPSA) is 110 Å². The average molecular weight is 564 g/mol. The number of nitrogens with one attached hydrogen (secondary N) is 1. The molecule has 1 aromatic carbocycles. The number of benzene rings is 1. The molecule has 10 nitrogen and oxygen atoms in total. The predicted octanol–water partition coefficient (Wildman–Crippen LogP) is 1.79. The second kappa shape index (κ2) is 11.2. The first kappa shape index (κ1) is 28.1. The van der Waals surface area contributed by atoms with Crippen molar-refractivity contribution in [3.05, 3.63) is 29.3 Å². The Morgan fingerprint density at radius 2 is 1.57 bits per heavy atom. The molecule has 0 saturated carbocycles. The van der Waals surface area contributed by atoms with E-state index in [0.29, 0.717) is 32.1 Å². The van der Waals surface area contributed by atoms with Crippen LogP contribution in [-0.2, 0) is 14.4 Å². The van der Waals surface area contributed by atoms with Gasteiger partial charge in [0, 0.05) is 64.3 Å². The molecule has 4 aliphatic rings. The summed E-state index contributed by atoms with van der Waals surface area (Å²) in [7, 11) is 0. The fraction of sp³-hybridized carbons (Fsp3) is 0.593. The Labute approximate surface area is 229 Å². The first-order valence-corrected chi connectivity index (χ1v) is 13.7. The standard InChI is InChI=1S/C27H32F3N5O5/c28-27(29,30)8-5-23(37)34-13-11-32(12-14-34)16-17-6-9-33(10-7-17)18-1-2-19-20(15-18)26(40)35(25(19)39)21-3-4-22(36)31-24(21)38/h1-2,15,17,21H,3-14,16H2,(H,31,36,38). The van der Waals surface area contributed by atoms with Gasteiger partial charge in [0.15, 0.2) is 0 Å². The zero-order valence-corrected chi connectivity index (χ0v) is 22.0. The minimum absolute atomic E-state index is 0.0692. The summed E-state index contributed by atoms with van der Waals surface area (Å²) < 4.78 is 37.2. The number of piperidine rings is 2. The molecule has 13 heteroatoms. The number of rotatable bonds is 6. The molecule has 1 aromatic rings. The minimum atomic E-state index is -4.32.